The second-order valence-electron chi connectivity index (χ2n) is 3.77. The molecule has 0 spiro atoms. The Morgan fingerprint density at radius 1 is 1.69 bits per heavy atom. The third-order valence-electron chi connectivity index (χ3n) is 2.08. The molecule has 0 aromatic carbocycles. The fourth-order valence-electron chi connectivity index (χ4n) is 1.14. The summed E-state index contributed by atoms with van der Waals surface area (Å²) in [6.07, 6.45) is 1.67. The molecule has 1 atom stereocenters. The Bertz CT molecular complexity index is 357. The van der Waals surface area contributed by atoms with Crippen LogP contribution in [0.2, 0.25) is 0 Å². The SMILES string of the molecule is CC(CO)CSCc1ccnc(C(=N)N)c1. The van der Waals surface area contributed by atoms with Crippen LogP contribution < -0.4 is 5.73 Å². The third-order valence-corrected chi connectivity index (χ3v) is 3.43. The van der Waals surface area contributed by atoms with Crippen molar-refractivity contribution in [3.05, 3.63) is 29.6 Å². The summed E-state index contributed by atoms with van der Waals surface area (Å²) in [5, 5.41) is 16.2. The molecule has 0 amide bonds. The van der Waals surface area contributed by atoms with Crippen LogP contribution in [0.4, 0.5) is 0 Å². The van der Waals surface area contributed by atoms with Gasteiger partial charge in [0.15, 0.2) is 0 Å². The minimum atomic E-state index is -0.00410. The lowest BCUT2D eigenvalue weighted by atomic mass is 10.2. The summed E-state index contributed by atoms with van der Waals surface area (Å²) in [5.74, 6) is 2.09. The highest BCUT2D eigenvalue weighted by Gasteiger charge is 2.02. The predicted octanol–water partition coefficient (Wildman–Crippen LogP) is 1.23. The van der Waals surface area contributed by atoms with Crippen LogP contribution in [-0.2, 0) is 5.75 Å². The molecule has 0 aliphatic carbocycles. The molecule has 0 fully saturated rings. The largest absolute Gasteiger partial charge is 0.396 e. The Labute approximate surface area is 99.8 Å². The molecule has 16 heavy (non-hydrogen) atoms. The number of aliphatic hydroxyl groups is 1. The predicted molar refractivity (Wildman–Crippen MR) is 67.7 cm³/mol. The van der Waals surface area contributed by atoms with E-state index in [1.54, 1.807) is 18.0 Å². The second-order valence-corrected chi connectivity index (χ2v) is 4.80. The monoisotopic (exact) mass is 239 g/mol. The number of amidine groups is 1. The molecule has 88 valence electrons. The highest BCUT2D eigenvalue weighted by atomic mass is 32.2. The number of aliphatic hydroxyl groups excluding tert-OH is 1. The highest BCUT2D eigenvalue weighted by Crippen LogP contribution is 2.15. The molecule has 0 saturated heterocycles. The molecule has 1 unspecified atom stereocenters. The molecule has 0 radical (unpaired) electrons. The van der Waals surface area contributed by atoms with Crippen molar-refractivity contribution in [1.29, 1.82) is 5.41 Å². The molecule has 1 rings (SSSR count). The minimum absolute atomic E-state index is 0.00410. The smallest absolute Gasteiger partial charge is 0.141 e. The lowest BCUT2D eigenvalue weighted by Gasteiger charge is -2.07. The zero-order chi connectivity index (χ0) is 12.0. The summed E-state index contributed by atoms with van der Waals surface area (Å²) in [6, 6.07) is 3.75. The summed E-state index contributed by atoms with van der Waals surface area (Å²) >= 11 is 1.76. The van der Waals surface area contributed by atoms with Crippen LogP contribution >= 0.6 is 11.8 Å². The summed E-state index contributed by atoms with van der Waals surface area (Å²) in [7, 11) is 0. The van der Waals surface area contributed by atoms with Gasteiger partial charge >= 0.3 is 0 Å². The van der Waals surface area contributed by atoms with Crippen LogP contribution in [0, 0.1) is 11.3 Å². The highest BCUT2D eigenvalue weighted by molar-refractivity contribution is 7.98. The van der Waals surface area contributed by atoms with E-state index >= 15 is 0 Å². The summed E-state index contributed by atoms with van der Waals surface area (Å²) < 4.78 is 0. The maximum absolute atomic E-state index is 8.88. The van der Waals surface area contributed by atoms with Gasteiger partial charge in [0, 0.05) is 18.6 Å². The van der Waals surface area contributed by atoms with Gasteiger partial charge in [-0.1, -0.05) is 6.92 Å². The van der Waals surface area contributed by atoms with Crippen molar-refractivity contribution < 1.29 is 5.11 Å². The maximum Gasteiger partial charge on any atom is 0.141 e. The van der Waals surface area contributed by atoms with Crippen LogP contribution in [-0.4, -0.2) is 28.3 Å². The molecule has 0 bridgehead atoms. The van der Waals surface area contributed by atoms with Crippen LogP contribution in [0.3, 0.4) is 0 Å². The van der Waals surface area contributed by atoms with Gasteiger partial charge in [0.25, 0.3) is 0 Å². The Morgan fingerprint density at radius 2 is 2.44 bits per heavy atom. The molecule has 0 aliphatic rings. The van der Waals surface area contributed by atoms with E-state index in [2.05, 4.69) is 4.98 Å². The van der Waals surface area contributed by atoms with E-state index in [0.29, 0.717) is 11.6 Å². The summed E-state index contributed by atoms with van der Waals surface area (Å²) in [5.41, 5.74) is 6.99. The number of rotatable bonds is 6. The van der Waals surface area contributed by atoms with Gasteiger partial charge in [-0.05, 0) is 29.4 Å². The molecule has 5 heteroatoms. The number of hydrogen-bond acceptors (Lipinski definition) is 4. The van der Waals surface area contributed by atoms with Gasteiger partial charge in [0.2, 0.25) is 0 Å². The average molecular weight is 239 g/mol. The molecule has 1 aromatic heterocycles. The third kappa shape index (κ3) is 4.20. The topological polar surface area (TPSA) is 83.0 Å². The van der Waals surface area contributed by atoms with Crippen molar-refractivity contribution in [1.82, 2.24) is 4.98 Å². The molecule has 0 aliphatic heterocycles. The minimum Gasteiger partial charge on any atom is -0.396 e. The van der Waals surface area contributed by atoms with Crippen molar-refractivity contribution in [3.8, 4) is 0 Å². The number of pyridine rings is 1. The number of nitrogens with zero attached hydrogens (tertiary/aromatic N) is 1. The zero-order valence-corrected chi connectivity index (χ0v) is 10.1. The number of nitrogen functional groups attached to an aromatic ring is 1. The number of nitrogens with two attached hydrogens (primary N) is 1. The quantitative estimate of drug-likeness (QED) is 0.515. The number of nitrogens with one attached hydrogen (secondary N) is 1. The van der Waals surface area contributed by atoms with Gasteiger partial charge in [0.05, 0.1) is 0 Å². The van der Waals surface area contributed by atoms with E-state index in [1.807, 2.05) is 19.1 Å². The van der Waals surface area contributed by atoms with Gasteiger partial charge in [-0.25, -0.2) is 0 Å². The van der Waals surface area contributed by atoms with Gasteiger partial charge in [-0.15, -0.1) is 0 Å². The van der Waals surface area contributed by atoms with Gasteiger partial charge < -0.3 is 10.8 Å². The van der Waals surface area contributed by atoms with E-state index in [4.69, 9.17) is 16.2 Å². The lowest BCUT2D eigenvalue weighted by molar-refractivity contribution is 0.250. The average Bonchev–Trinajstić information content (AvgIpc) is 2.29. The van der Waals surface area contributed by atoms with Gasteiger partial charge in [-0.3, -0.25) is 10.4 Å². The Balaban J connectivity index is 2.48. The molecule has 0 saturated carbocycles. The van der Waals surface area contributed by atoms with Gasteiger partial charge in [0.1, 0.15) is 11.5 Å². The Hall–Kier alpha value is -1.07. The fourth-order valence-corrected chi connectivity index (χ4v) is 2.18. The van der Waals surface area contributed by atoms with Crippen molar-refractivity contribution in [2.45, 2.75) is 12.7 Å². The van der Waals surface area contributed by atoms with E-state index in [0.717, 1.165) is 17.1 Å². The van der Waals surface area contributed by atoms with Crippen LogP contribution in [0.5, 0.6) is 0 Å². The first kappa shape index (κ1) is 13.0. The second kappa shape index (κ2) is 6.50. The van der Waals surface area contributed by atoms with Crippen molar-refractivity contribution in [2.24, 2.45) is 11.7 Å². The zero-order valence-electron chi connectivity index (χ0n) is 9.31. The first-order valence-electron chi connectivity index (χ1n) is 5.11. The van der Waals surface area contributed by atoms with Crippen LogP contribution in [0.25, 0.3) is 0 Å². The van der Waals surface area contributed by atoms with E-state index in [9.17, 15) is 0 Å². The molecule has 4 N–H and O–H groups in total. The number of hydrogen-bond donors (Lipinski definition) is 3. The molecule has 4 nitrogen and oxygen atoms in total. The fraction of sp³-hybridized carbons (Fsp3) is 0.455. The standard InChI is InChI=1S/C11H17N3OS/c1-8(5-15)6-16-7-9-2-3-14-10(4-9)11(12)13/h2-4,8,15H,5-7H2,1H3,(H3,12,13). The number of thioether (sulfide) groups is 1. The van der Waals surface area contributed by atoms with Crippen LogP contribution in [0.1, 0.15) is 18.2 Å². The maximum atomic E-state index is 8.88. The normalized spacial score (nSPS) is 12.4. The number of aromatic nitrogens is 1. The first-order valence-corrected chi connectivity index (χ1v) is 6.27. The molecular formula is C11H17N3OS. The van der Waals surface area contributed by atoms with E-state index < -0.39 is 0 Å². The van der Waals surface area contributed by atoms with E-state index in [1.165, 1.54) is 0 Å². The molecular weight excluding hydrogens is 222 g/mol. The summed E-state index contributed by atoms with van der Waals surface area (Å²) in [4.78, 5) is 4.00. The Kier molecular flexibility index (Phi) is 5.28. The van der Waals surface area contributed by atoms with E-state index in [-0.39, 0.29) is 12.4 Å². The molecule has 1 aromatic rings. The van der Waals surface area contributed by atoms with Crippen LogP contribution in [0.15, 0.2) is 18.3 Å². The lowest BCUT2D eigenvalue weighted by Crippen LogP contribution is -2.13. The summed E-state index contributed by atoms with van der Waals surface area (Å²) in [6.45, 7) is 2.24. The van der Waals surface area contributed by atoms with Gasteiger partial charge in [-0.2, -0.15) is 11.8 Å². The van der Waals surface area contributed by atoms with Crippen molar-refractivity contribution in [2.75, 3.05) is 12.4 Å². The first-order chi connectivity index (χ1) is 7.63. The molecule has 1 heterocycles. The van der Waals surface area contributed by atoms with Crippen molar-refractivity contribution in [3.63, 3.8) is 0 Å². The Morgan fingerprint density at radius 3 is 3.06 bits per heavy atom. The van der Waals surface area contributed by atoms with Crippen molar-refractivity contribution >= 4 is 17.6 Å².